The third kappa shape index (κ3) is 5.81. The SMILES string of the molecule is O=C(Nc1nn(Cc2ccc(Cl)c(Cl)c2)cc1Cl)C1CCN(S(=O)(=O)c2ccc([N+](=O)[O-])cc2)CC1. The maximum Gasteiger partial charge on any atom is 0.269 e. The van der Waals surface area contributed by atoms with Gasteiger partial charge >= 0.3 is 0 Å². The van der Waals surface area contributed by atoms with Gasteiger partial charge in [0.1, 0.15) is 5.02 Å². The number of benzene rings is 2. The van der Waals surface area contributed by atoms with E-state index in [0.717, 1.165) is 17.7 Å². The minimum Gasteiger partial charge on any atom is -0.308 e. The zero-order chi connectivity index (χ0) is 26.0. The molecule has 2 aromatic carbocycles. The molecule has 3 aromatic rings. The van der Waals surface area contributed by atoms with Crippen LogP contribution in [-0.4, -0.2) is 46.4 Å². The molecule has 0 radical (unpaired) electrons. The van der Waals surface area contributed by atoms with Crippen molar-refractivity contribution >= 4 is 62.2 Å². The van der Waals surface area contributed by atoms with Gasteiger partial charge in [-0.2, -0.15) is 9.40 Å². The number of hydrogen-bond acceptors (Lipinski definition) is 6. The van der Waals surface area contributed by atoms with E-state index in [1.165, 1.54) is 16.4 Å². The van der Waals surface area contributed by atoms with Gasteiger partial charge in [0.05, 0.1) is 26.4 Å². The van der Waals surface area contributed by atoms with Gasteiger partial charge in [-0.25, -0.2) is 8.42 Å². The van der Waals surface area contributed by atoms with E-state index >= 15 is 0 Å². The van der Waals surface area contributed by atoms with Crippen LogP contribution in [0.15, 0.2) is 53.6 Å². The summed E-state index contributed by atoms with van der Waals surface area (Å²) < 4.78 is 28.6. The van der Waals surface area contributed by atoms with Crippen LogP contribution in [0.25, 0.3) is 0 Å². The highest BCUT2D eigenvalue weighted by atomic mass is 35.5. The molecule has 1 aliphatic heterocycles. The second kappa shape index (κ2) is 10.7. The van der Waals surface area contributed by atoms with E-state index in [9.17, 15) is 23.3 Å². The molecule has 1 fully saturated rings. The highest BCUT2D eigenvalue weighted by molar-refractivity contribution is 7.89. The summed E-state index contributed by atoms with van der Waals surface area (Å²) in [4.78, 5) is 23.0. The van der Waals surface area contributed by atoms with Gasteiger partial charge in [-0.05, 0) is 42.7 Å². The van der Waals surface area contributed by atoms with E-state index in [2.05, 4.69) is 10.4 Å². The lowest BCUT2D eigenvalue weighted by atomic mass is 9.97. The van der Waals surface area contributed by atoms with Gasteiger partial charge in [0, 0.05) is 37.3 Å². The van der Waals surface area contributed by atoms with Crippen molar-refractivity contribution in [3.63, 3.8) is 0 Å². The largest absolute Gasteiger partial charge is 0.308 e. The molecule has 1 saturated heterocycles. The molecule has 0 saturated carbocycles. The van der Waals surface area contributed by atoms with Crippen molar-refractivity contribution in [1.82, 2.24) is 14.1 Å². The molecule has 1 aliphatic rings. The minimum absolute atomic E-state index is 0.0321. The summed E-state index contributed by atoms with van der Waals surface area (Å²) >= 11 is 18.3. The average Bonchev–Trinajstić information content (AvgIpc) is 3.19. The summed E-state index contributed by atoms with van der Waals surface area (Å²) in [6.07, 6.45) is 2.19. The molecule has 0 aliphatic carbocycles. The predicted octanol–water partition coefficient (Wildman–Crippen LogP) is 4.84. The second-order valence-corrected chi connectivity index (χ2v) is 11.3. The molecule has 10 nitrogen and oxygen atoms in total. The lowest BCUT2D eigenvalue weighted by Gasteiger charge is -2.30. The molecule has 36 heavy (non-hydrogen) atoms. The number of nitro groups is 1. The Morgan fingerprint density at radius 3 is 2.33 bits per heavy atom. The van der Waals surface area contributed by atoms with Crippen LogP contribution in [0.2, 0.25) is 15.1 Å². The van der Waals surface area contributed by atoms with Crippen LogP contribution in [0.4, 0.5) is 11.5 Å². The van der Waals surface area contributed by atoms with Crippen molar-refractivity contribution in [1.29, 1.82) is 0 Å². The maximum absolute atomic E-state index is 12.9. The molecule has 0 unspecified atom stereocenters. The topological polar surface area (TPSA) is 127 Å². The number of nitrogens with zero attached hydrogens (tertiary/aromatic N) is 4. The van der Waals surface area contributed by atoms with Crippen molar-refractivity contribution in [2.24, 2.45) is 5.92 Å². The van der Waals surface area contributed by atoms with Crippen molar-refractivity contribution in [2.45, 2.75) is 24.3 Å². The Morgan fingerprint density at radius 1 is 1.06 bits per heavy atom. The predicted molar refractivity (Wildman–Crippen MR) is 136 cm³/mol. The maximum atomic E-state index is 12.9. The molecule has 2 heterocycles. The Morgan fingerprint density at radius 2 is 1.72 bits per heavy atom. The number of hydrogen-bond donors (Lipinski definition) is 1. The number of sulfonamides is 1. The fraction of sp³-hybridized carbons (Fsp3) is 0.273. The van der Waals surface area contributed by atoms with Crippen molar-refractivity contribution in [3.05, 3.63) is 79.4 Å². The van der Waals surface area contributed by atoms with E-state index in [-0.39, 0.29) is 40.4 Å². The van der Waals surface area contributed by atoms with Crippen molar-refractivity contribution in [3.8, 4) is 0 Å². The van der Waals surface area contributed by atoms with Gasteiger partial charge in [0.2, 0.25) is 15.9 Å². The smallest absolute Gasteiger partial charge is 0.269 e. The molecule has 0 spiro atoms. The summed E-state index contributed by atoms with van der Waals surface area (Å²) in [6.45, 7) is 0.638. The highest BCUT2D eigenvalue weighted by Gasteiger charge is 2.32. The number of nitrogens with one attached hydrogen (secondary N) is 1. The number of carbonyl (C=O) groups is 1. The normalized spacial score (nSPS) is 15.1. The number of aromatic nitrogens is 2. The Balaban J connectivity index is 1.35. The van der Waals surface area contributed by atoms with Crippen LogP contribution in [0.5, 0.6) is 0 Å². The first-order valence-electron chi connectivity index (χ1n) is 10.8. The summed E-state index contributed by atoms with van der Waals surface area (Å²) in [7, 11) is -3.83. The number of amides is 1. The first-order chi connectivity index (χ1) is 17.0. The number of rotatable bonds is 7. The number of non-ortho nitro benzene ring substituents is 1. The van der Waals surface area contributed by atoms with Gasteiger partial charge in [-0.1, -0.05) is 40.9 Å². The van der Waals surface area contributed by atoms with E-state index in [1.807, 2.05) is 0 Å². The molecule has 190 valence electrons. The van der Waals surface area contributed by atoms with Crippen LogP contribution >= 0.6 is 34.8 Å². The Labute approximate surface area is 221 Å². The molecule has 0 atom stereocenters. The quantitative estimate of drug-likeness (QED) is 0.319. The van der Waals surface area contributed by atoms with Crippen molar-refractivity contribution in [2.75, 3.05) is 18.4 Å². The molecule has 1 aromatic heterocycles. The average molecular weight is 573 g/mol. The van der Waals surface area contributed by atoms with Gasteiger partial charge in [0.15, 0.2) is 5.82 Å². The number of carbonyl (C=O) groups excluding carboxylic acids is 1. The van der Waals surface area contributed by atoms with Crippen LogP contribution in [0.1, 0.15) is 18.4 Å². The number of piperidine rings is 1. The van der Waals surface area contributed by atoms with Gasteiger partial charge in [0.25, 0.3) is 5.69 Å². The molecule has 4 rings (SSSR count). The van der Waals surface area contributed by atoms with E-state index in [4.69, 9.17) is 34.8 Å². The highest BCUT2D eigenvalue weighted by Crippen LogP contribution is 2.28. The lowest BCUT2D eigenvalue weighted by Crippen LogP contribution is -2.41. The van der Waals surface area contributed by atoms with Crippen LogP contribution < -0.4 is 5.32 Å². The van der Waals surface area contributed by atoms with E-state index < -0.39 is 20.9 Å². The Bertz CT molecular complexity index is 1400. The molecule has 0 bridgehead atoms. The van der Waals surface area contributed by atoms with Crippen molar-refractivity contribution < 1.29 is 18.1 Å². The first-order valence-corrected chi connectivity index (χ1v) is 13.3. The standard InChI is InChI=1S/C22H20Cl3N5O5S/c23-18-6-1-14(11-19(18)24)12-28-13-20(25)21(27-28)26-22(31)15-7-9-29(10-8-15)36(34,35)17-4-2-16(3-5-17)30(32)33/h1-6,11,13,15H,7-10,12H2,(H,26,27,31). The summed E-state index contributed by atoms with van der Waals surface area (Å²) in [5.41, 5.74) is 0.658. The second-order valence-electron chi connectivity index (χ2n) is 8.19. The van der Waals surface area contributed by atoms with Gasteiger partial charge in [-0.15, -0.1) is 0 Å². The van der Waals surface area contributed by atoms with Crippen LogP contribution in [0, 0.1) is 16.0 Å². The van der Waals surface area contributed by atoms with E-state index in [0.29, 0.717) is 29.4 Å². The zero-order valence-electron chi connectivity index (χ0n) is 18.6. The molecular weight excluding hydrogens is 553 g/mol. The van der Waals surface area contributed by atoms with Gasteiger partial charge < -0.3 is 5.32 Å². The number of nitro benzene ring substituents is 1. The van der Waals surface area contributed by atoms with Gasteiger partial charge in [-0.3, -0.25) is 19.6 Å². The fourth-order valence-electron chi connectivity index (χ4n) is 3.85. The lowest BCUT2D eigenvalue weighted by molar-refractivity contribution is -0.384. The minimum atomic E-state index is -3.83. The monoisotopic (exact) mass is 571 g/mol. The summed E-state index contributed by atoms with van der Waals surface area (Å²) in [5, 5.41) is 19.0. The fourth-order valence-corrected chi connectivity index (χ4v) is 5.84. The molecule has 1 N–H and O–H groups in total. The molecule has 1 amide bonds. The summed E-state index contributed by atoms with van der Waals surface area (Å²) in [6, 6.07) is 9.93. The Hall–Kier alpha value is -2.70. The Kier molecular flexibility index (Phi) is 7.86. The third-order valence-electron chi connectivity index (χ3n) is 5.80. The van der Waals surface area contributed by atoms with Crippen LogP contribution in [0.3, 0.4) is 0 Å². The summed E-state index contributed by atoms with van der Waals surface area (Å²) in [5.74, 6) is -0.517. The van der Waals surface area contributed by atoms with Crippen LogP contribution in [-0.2, 0) is 21.4 Å². The third-order valence-corrected chi connectivity index (χ3v) is 8.73. The van der Waals surface area contributed by atoms with E-state index in [1.54, 1.807) is 29.1 Å². The molecule has 14 heteroatoms. The molecular formula is C22H20Cl3N5O5S. The number of anilines is 1. The number of halogens is 3. The zero-order valence-corrected chi connectivity index (χ0v) is 21.7. The first kappa shape index (κ1) is 26.4.